The van der Waals surface area contributed by atoms with Crippen molar-refractivity contribution >= 4 is 33.6 Å². The van der Waals surface area contributed by atoms with E-state index in [4.69, 9.17) is 9.98 Å². The van der Waals surface area contributed by atoms with E-state index in [1.807, 2.05) is 17.4 Å². The minimum atomic E-state index is 0.475. The molecular weight excluding hydrogens is 410 g/mol. The van der Waals surface area contributed by atoms with Crippen molar-refractivity contribution in [3.63, 3.8) is 0 Å². The second-order valence-corrected chi connectivity index (χ2v) is 9.16. The largest absolute Gasteiger partial charge is 0.363 e. The van der Waals surface area contributed by atoms with E-state index in [0.29, 0.717) is 6.04 Å². The van der Waals surface area contributed by atoms with Gasteiger partial charge < -0.3 is 15.5 Å². The Kier molecular flexibility index (Phi) is 7.37. The Morgan fingerprint density at radius 3 is 2.70 bits per heavy atom. The Labute approximate surface area is 186 Å². The highest BCUT2D eigenvalue weighted by Crippen LogP contribution is 2.25. The number of aromatic nitrogens is 1. The van der Waals surface area contributed by atoms with Gasteiger partial charge in [-0.1, -0.05) is 30.3 Å². The quantitative estimate of drug-likeness (QED) is 0.416. The van der Waals surface area contributed by atoms with E-state index in [-0.39, 0.29) is 0 Å². The summed E-state index contributed by atoms with van der Waals surface area (Å²) in [6, 6.07) is 15.2. The molecule has 1 fully saturated rings. The zero-order chi connectivity index (χ0) is 20.6. The standard InChI is InChI=1S/C23H29N5S2/c1-2-24-23(27-19-11-14-28(15-12-19)21-9-6-16-29-21)25-13-10-20-17-30-22(26-20)18-7-4-3-5-8-18/h3-9,16-17,19H,2,10-15H2,1H3,(H2,24,25,27). The van der Waals surface area contributed by atoms with Gasteiger partial charge in [-0.3, -0.25) is 4.99 Å². The van der Waals surface area contributed by atoms with Gasteiger partial charge >= 0.3 is 0 Å². The summed E-state index contributed by atoms with van der Waals surface area (Å²) in [6.45, 7) is 5.91. The van der Waals surface area contributed by atoms with Crippen LogP contribution in [0, 0.1) is 0 Å². The van der Waals surface area contributed by atoms with Crippen LogP contribution in [0.4, 0.5) is 5.00 Å². The molecule has 1 aromatic carbocycles. The number of piperidine rings is 1. The number of benzene rings is 1. The van der Waals surface area contributed by atoms with Crippen molar-refractivity contribution in [3.05, 3.63) is 58.9 Å². The Bertz CT molecular complexity index is 912. The third kappa shape index (κ3) is 5.61. The van der Waals surface area contributed by atoms with Crippen LogP contribution >= 0.6 is 22.7 Å². The van der Waals surface area contributed by atoms with Gasteiger partial charge in [0.05, 0.1) is 10.7 Å². The maximum absolute atomic E-state index is 4.80. The maximum Gasteiger partial charge on any atom is 0.191 e. The third-order valence-corrected chi connectivity index (χ3v) is 7.08. The number of nitrogens with zero attached hydrogens (tertiary/aromatic N) is 3. The molecule has 2 N–H and O–H groups in total. The van der Waals surface area contributed by atoms with Crippen LogP contribution in [0.3, 0.4) is 0 Å². The minimum Gasteiger partial charge on any atom is -0.363 e. The molecule has 2 aromatic heterocycles. The number of guanidine groups is 1. The zero-order valence-electron chi connectivity index (χ0n) is 17.4. The van der Waals surface area contributed by atoms with E-state index in [9.17, 15) is 0 Å². The van der Waals surface area contributed by atoms with E-state index >= 15 is 0 Å². The molecule has 4 rings (SSSR count). The molecule has 3 aromatic rings. The third-order valence-electron chi connectivity index (χ3n) is 5.21. The van der Waals surface area contributed by atoms with Gasteiger partial charge in [0.15, 0.2) is 5.96 Å². The van der Waals surface area contributed by atoms with Crippen molar-refractivity contribution in [2.45, 2.75) is 32.2 Å². The lowest BCUT2D eigenvalue weighted by molar-refractivity contribution is 0.463. The first-order chi connectivity index (χ1) is 14.8. The number of anilines is 1. The predicted octanol–water partition coefficient (Wildman–Crippen LogP) is 4.64. The van der Waals surface area contributed by atoms with Crippen LogP contribution in [0.15, 0.2) is 58.2 Å². The molecule has 1 aliphatic rings. The summed E-state index contributed by atoms with van der Waals surface area (Å²) in [6.07, 6.45) is 3.13. The highest BCUT2D eigenvalue weighted by Gasteiger charge is 2.20. The number of rotatable bonds is 7. The average Bonchev–Trinajstić information content (AvgIpc) is 3.48. The Morgan fingerprint density at radius 2 is 1.97 bits per heavy atom. The SMILES string of the molecule is CCNC(=NCCc1csc(-c2ccccc2)n1)NC1CCN(c2cccs2)CC1. The van der Waals surface area contributed by atoms with Crippen molar-refractivity contribution in [1.29, 1.82) is 0 Å². The predicted molar refractivity (Wildman–Crippen MR) is 130 cm³/mol. The van der Waals surface area contributed by atoms with Crippen molar-refractivity contribution in [3.8, 4) is 10.6 Å². The van der Waals surface area contributed by atoms with Crippen LogP contribution in [-0.4, -0.2) is 43.2 Å². The van der Waals surface area contributed by atoms with E-state index in [0.717, 1.165) is 62.1 Å². The van der Waals surface area contributed by atoms with E-state index in [1.165, 1.54) is 10.6 Å². The lowest BCUT2D eigenvalue weighted by atomic mass is 10.1. The first-order valence-corrected chi connectivity index (χ1v) is 12.4. The zero-order valence-corrected chi connectivity index (χ0v) is 19.0. The molecule has 7 heteroatoms. The number of thiophene rings is 1. The number of thiazole rings is 1. The number of nitrogens with one attached hydrogen (secondary N) is 2. The molecule has 1 saturated heterocycles. The molecule has 0 bridgehead atoms. The van der Waals surface area contributed by atoms with Crippen molar-refractivity contribution < 1.29 is 0 Å². The highest BCUT2D eigenvalue weighted by atomic mass is 32.1. The monoisotopic (exact) mass is 439 g/mol. The smallest absolute Gasteiger partial charge is 0.191 e. The van der Waals surface area contributed by atoms with Gasteiger partial charge in [-0.25, -0.2) is 4.98 Å². The molecule has 30 heavy (non-hydrogen) atoms. The Balaban J connectivity index is 1.27. The molecule has 3 heterocycles. The summed E-state index contributed by atoms with van der Waals surface area (Å²) >= 11 is 3.53. The molecule has 0 aliphatic carbocycles. The van der Waals surface area contributed by atoms with Gasteiger partial charge in [-0.05, 0) is 37.3 Å². The summed E-state index contributed by atoms with van der Waals surface area (Å²) in [5.41, 5.74) is 2.30. The fraction of sp³-hybridized carbons (Fsp3) is 0.391. The molecule has 1 aliphatic heterocycles. The summed E-state index contributed by atoms with van der Waals surface area (Å²) < 4.78 is 0. The lowest BCUT2D eigenvalue weighted by Crippen LogP contribution is -2.48. The van der Waals surface area contributed by atoms with Gasteiger partial charge in [-0.15, -0.1) is 22.7 Å². The second-order valence-electron chi connectivity index (χ2n) is 7.38. The first-order valence-electron chi connectivity index (χ1n) is 10.6. The van der Waals surface area contributed by atoms with Crippen LogP contribution < -0.4 is 15.5 Å². The second kappa shape index (κ2) is 10.6. The summed E-state index contributed by atoms with van der Waals surface area (Å²) in [5.74, 6) is 0.922. The van der Waals surface area contributed by atoms with Crippen LogP contribution in [-0.2, 0) is 6.42 Å². The fourth-order valence-electron chi connectivity index (χ4n) is 3.62. The van der Waals surface area contributed by atoms with Gasteiger partial charge in [0.25, 0.3) is 0 Å². The average molecular weight is 440 g/mol. The maximum atomic E-state index is 4.80. The molecule has 0 unspecified atom stereocenters. The molecule has 0 radical (unpaired) electrons. The number of hydrogen-bond acceptors (Lipinski definition) is 5. The molecule has 158 valence electrons. The van der Waals surface area contributed by atoms with Gasteiger partial charge in [0.1, 0.15) is 5.01 Å². The summed E-state index contributed by atoms with van der Waals surface area (Å²) in [5, 5.41) is 13.8. The molecule has 5 nitrogen and oxygen atoms in total. The topological polar surface area (TPSA) is 52.6 Å². The molecule has 0 amide bonds. The summed E-state index contributed by atoms with van der Waals surface area (Å²) in [7, 11) is 0. The Hall–Kier alpha value is -2.38. The van der Waals surface area contributed by atoms with E-state index in [1.54, 1.807) is 11.3 Å². The van der Waals surface area contributed by atoms with Crippen molar-refractivity contribution in [2.75, 3.05) is 31.1 Å². The van der Waals surface area contributed by atoms with E-state index in [2.05, 4.69) is 69.6 Å². The Morgan fingerprint density at radius 1 is 1.13 bits per heavy atom. The van der Waals surface area contributed by atoms with Crippen LogP contribution in [0.25, 0.3) is 10.6 Å². The van der Waals surface area contributed by atoms with Crippen molar-refractivity contribution in [1.82, 2.24) is 15.6 Å². The molecular formula is C23H29N5S2. The normalized spacial score (nSPS) is 15.4. The number of hydrogen-bond donors (Lipinski definition) is 2. The van der Waals surface area contributed by atoms with Crippen LogP contribution in [0.5, 0.6) is 0 Å². The minimum absolute atomic E-state index is 0.475. The van der Waals surface area contributed by atoms with Crippen molar-refractivity contribution in [2.24, 2.45) is 4.99 Å². The van der Waals surface area contributed by atoms with Gasteiger partial charge in [-0.2, -0.15) is 0 Å². The number of aliphatic imine (C=N–C) groups is 1. The lowest BCUT2D eigenvalue weighted by Gasteiger charge is -2.33. The molecule has 0 spiro atoms. The van der Waals surface area contributed by atoms with Crippen LogP contribution in [0.1, 0.15) is 25.5 Å². The summed E-state index contributed by atoms with van der Waals surface area (Å²) in [4.78, 5) is 12.1. The fourth-order valence-corrected chi connectivity index (χ4v) is 5.27. The van der Waals surface area contributed by atoms with Gasteiger partial charge in [0, 0.05) is 49.6 Å². The van der Waals surface area contributed by atoms with E-state index < -0.39 is 0 Å². The molecule has 0 atom stereocenters. The highest BCUT2D eigenvalue weighted by molar-refractivity contribution is 7.14. The van der Waals surface area contributed by atoms with Crippen LogP contribution in [0.2, 0.25) is 0 Å². The first kappa shape index (κ1) is 20.9. The molecule has 0 saturated carbocycles. The van der Waals surface area contributed by atoms with Gasteiger partial charge in [0.2, 0.25) is 0 Å².